The van der Waals surface area contributed by atoms with E-state index in [-0.39, 0.29) is 11.9 Å². The van der Waals surface area contributed by atoms with Crippen LogP contribution in [-0.4, -0.2) is 29.9 Å². The fourth-order valence-corrected chi connectivity index (χ4v) is 1.77. The van der Waals surface area contributed by atoms with Crippen LogP contribution in [0.4, 0.5) is 0 Å². The Bertz CT molecular complexity index is 286. The van der Waals surface area contributed by atoms with Crippen molar-refractivity contribution in [2.45, 2.75) is 45.1 Å². The molecule has 1 amide bonds. The van der Waals surface area contributed by atoms with E-state index in [1.165, 1.54) is 12.0 Å². The Morgan fingerprint density at radius 3 is 3.00 bits per heavy atom. The van der Waals surface area contributed by atoms with Crippen LogP contribution in [0, 0.1) is 0 Å². The summed E-state index contributed by atoms with van der Waals surface area (Å²) in [6.07, 6.45) is 7.82. The summed E-state index contributed by atoms with van der Waals surface area (Å²) in [6.45, 7) is 2.12. The van der Waals surface area contributed by atoms with Gasteiger partial charge in [-0.05, 0) is 12.8 Å². The summed E-state index contributed by atoms with van der Waals surface area (Å²) in [4.78, 5) is 24.4. The highest BCUT2D eigenvalue weighted by Gasteiger charge is 2.35. The van der Waals surface area contributed by atoms with Crippen LogP contribution in [0.3, 0.4) is 0 Å². The number of unbranched alkanes of at least 4 members (excludes halogenated alkanes) is 2. The molecule has 16 heavy (non-hydrogen) atoms. The maximum absolute atomic E-state index is 11.5. The molecule has 4 heteroatoms. The molecule has 4 nitrogen and oxygen atoms in total. The van der Waals surface area contributed by atoms with E-state index in [0.29, 0.717) is 12.8 Å². The normalized spacial score (nSPS) is 20.8. The van der Waals surface area contributed by atoms with Gasteiger partial charge in [0, 0.05) is 12.6 Å². The molecule has 0 radical (unpaired) electrons. The first-order chi connectivity index (χ1) is 7.70. The summed E-state index contributed by atoms with van der Waals surface area (Å²) < 4.78 is 4.67. The predicted molar refractivity (Wildman–Crippen MR) is 60.5 cm³/mol. The number of carbonyl (C=O) groups is 2. The van der Waals surface area contributed by atoms with Crippen LogP contribution in [0.2, 0.25) is 0 Å². The number of likely N-dealkylation sites (tertiary alicyclic amines) is 1. The van der Waals surface area contributed by atoms with Gasteiger partial charge in [-0.3, -0.25) is 4.79 Å². The number of methoxy groups -OCH3 is 1. The zero-order valence-corrected chi connectivity index (χ0v) is 9.94. The summed E-state index contributed by atoms with van der Waals surface area (Å²) >= 11 is 0. The molecule has 0 aromatic carbocycles. The highest BCUT2D eigenvalue weighted by molar-refractivity contribution is 5.88. The average Bonchev–Trinajstić information content (AvgIpc) is 2.65. The Balaban J connectivity index is 2.56. The Labute approximate surface area is 96.3 Å². The maximum atomic E-state index is 11.5. The van der Waals surface area contributed by atoms with E-state index < -0.39 is 6.04 Å². The third-order valence-electron chi connectivity index (χ3n) is 2.72. The van der Waals surface area contributed by atoms with Crippen molar-refractivity contribution in [2.75, 3.05) is 7.11 Å². The molecule has 0 spiro atoms. The summed E-state index contributed by atoms with van der Waals surface area (Å²) in [7, 11) is 1.35. The molecule has 1 saturated heterocycles. The van der Waals surface area contributed by atoms with Gasteiger partial charge < -0.3 is 9.64 Å². The average molecular weight is 225 g/mol. The van der Waals surface area contributed by atoms with Gasteiger partial charge in [0.15, 0.2) is 0 Å². The van der Waals surface area contributed by atoms with E-state index in [0.717, 1.165) is 19.3 Å². The van der Waals surface area contributed by atoms with Crippen molar-refractivity contribution in [3.05, 3.63) is 12.3 Å². The molecule has 1 atom stereocenters. The quantitative estimate of drug-likeness (QED) is 0.530. The molecule has 1 aliphatic heterocycles. The topological polar surface area (TPSA) is 46.6 Å². The van der Waals surface area contributed by atoms with Gasteiger partial charge in [0.05, 0.1) is 7.11 Å². The Morgan fingerprint density at radius 2 is 2.38 bits per heavy atom. The molecular weight excluding hydrogens is 206 g/mol. The van der Waals surface area contributed by atoms with E-state index >= 15 is 0 Å². The van der Waals surface area contributed by atoms with Gasteiger partial charge in [0.1, 0.15) is 6.04 Å². The number of amides is 1. The second-order valence-corrected chi connectivity index (χ2v) is 3.91. The SMILES string of the molecule is CCCC/C=C/N1C(=O)CC[C@@H]1C(=O)OC. The van der Waals surface area contributed by atoms with E-state index in [9.17, 15) is 9.59 Å². The van der Waals surface area contributed by atoms with Gasteiger partial charge >= 0.3 is 5.97 Å². The number of rotatable bonds is 5. The van der Waals surface area contributed by atoms with Gasteiger partial charge in [0.25, 0.3) is 0 Å². The molecule has 0 N–H and O–H groups in total. The molecule has 0 bridgehead atoms. The largest absolute Gasteiger partial charge is 0.467 e. The van der Waals surface area contributed by atoms with Crippen LogP contribution < -0.4 is 0 Å². The predicted octanol–water partition coefficient (Wildman–Crippen LogP) is 1.85. The van der Waals surface area contributed by atoms with Crippen LogP contribution >= 0.6 is 0 Å². The number of allylic oxidation sites excluding steroid dienone is 1. The molecule has 0 saturated carbocycles. The second kappa shape index (κ2) is 6.30. The Kier molecular flexibility index (Phi) is 5.02. The van der Waals surface area contributed by atoms with Gasteiger partial charge in [-0.2, -0.15) is 0 Å². The van der Waals surface area contributed by atoms with Crippen molar-refractivity contribution in [2.24, 2.45) is 0 Å². The molecule has 0 aliphatic carbocycles. The van der Waals surface area contributed by atoms with Crippen molar-refractivity contribution < 1.29 is 14.3 Å². The molecule has 1 fully saturated rings. The van der Waals surface area contributed by atoms with Crippen molar-refractivity contribution >= 4 is 11.9 Å². The molecule has 1 aliphatic rings. The Morgan fingerprint density at radius 1 is 1.62 bits per heavy atom. The zero-order valence-electron chi connectivity index (χ0n) is 9.94. The monoisotopic (exact) mass is 225 g/mol. The van der Waals surface area contributed by atoms with Gasteiger partial charge in [-0.25, -0.2) is 4.79 Å². The molecule has 0 aromatic heterocycles. The highest BCUT2D eigenvalue weighted by atomic mass is 16.5. The second-order valence-electron chi connectivity index (χ2n) is 3.91. The van der Waals surface area contributed by atoms with E-state index in [1.54, 1.807) is 6.20 Å². The number of esters is 1. The summed E-state index contributed by atoms with van der Waals surface area (Å²) in [5.41, 5.74) is 0. The van der Waals surface area contributed by atoms with Gasteiger partial charge in [-0.15, -0.1) is 0 Å². The third-order valence-corrected chi connectivity index (χ3v) is 2.72. The molecule has 1 heterocycles. The van der Waals surface area contributed by atoms with E-state index in [1.807, 2.05) is 6.08 Å². The summed E-state index contributed by atoms with van der Waals surface area (Å²) in [6, 6.07) is -0.421. The zero-order chi connectivity index (χ0) is 12.0. The van der Waals surface area contributed by atoms with Crippen LogP contribution in [0.15, 0.2) is 12.3 Å². The molecule has 0 unspecified atom stereocenters. The standard InChI is InChI=1S/C12H19NO3/c1-3-4-5-6-9-13-10(12(15)16-2)7-8-11(13)14/h6,9-10H,3-5,7-8H2,1-2H3/b9-6+/t10-/m1/s1. The van der Waals surface area contributed by atoms with Crippen molar-refractivity contribution in [1.82, 2.24) is 4.90 Å². The molecular formula is C12H19NO3. The summed E-state index contributed by atoms with van der Waals surface area (Å²) in [5.74, 6) is -0.325. The van der Waals surface area contributed by atoms with Gasteiger partial charge in [-0.1, -0.05) is 25.8 Å². The lowest BCUT2D eigenvalue weighted by Crippen LogP contribution is -2.35. The number of hydrogen-bond acceptors (Lipinski definition) is 3. The first-order valence-electron chi connectivity index (χ1n) is 5.76. The van der Waals surface area contributed by atoms with Crippen LogP contribution in [0.1, 0.15) is 39.0 Å². The number of hydrogen-bond donors (Lipinski definition) is 0. The fraction of sp³-hybridized carbons (Fsp3) is 0.667. The first-order valence-corrected chi connectivity index (χ1v) is 5.76. The minimum Gasteiger partial charge on any atom is -0.467 e. The van der Waals surface area contributed by atoms with Crippen molar-refractivity contribution in [3.63, 3.8) is 0 Å². The lowest BCUT2D eigenvalue weighted by atomic mass is 10.2. The van der Waals surface area contributed by atoms with Gasteiger partial charge in [0.2, 0.25) is 5.91 Å². The molecule has 90 valence electrons. The van der Waals surface area contributed by atoms with E-state index in [2.05, 4.69) is 11.7 Å². The smallest absolute Gasteiger partial charge is 0.328 e. The van der Waals surface area contributed by atoms with E-state index in [4.69, 9.17) is 0 Å². The molecule has 0 aromatic rings. The van der Waals surface area contributed by atoms with Crippen LogP contribution in [-0.2, 0) is 14.3 Å². The summed E-state index contributed by atoms with van der Waals surface area (Å²) in [5, 5.41) is 0. The first kappa shape index (κ1) is 12.7. The third kappa shape index (κ3) is 3.08. The van der Waals surface area contributed by atoms with Crippen molar-refractivity contribution in [1.29, 1.82) is 0 Å². The minimum absolute atomic E-state index is 0.00292. The lowest BCUT2D eigenvalue weighted by molar-refractivity contribution is -0.147. The minimum atomic E-state index is -0.421. The highest BCUT2D eigenvalue weighted by Crippen LogP contribution is 2.20. The van der Waals surface area contributed by atoms with Crippen LogP contribution in [0.5, 0.6) is 0 Å². The van der Waals surface area contributed by atoms with Crippen LogP contribution in [0.25, 0.3) is 0 Å². The maximum Gasteiger partial charge on any atom is 0.328 e. The van der Waals surface area contributed by atoms with Crippen molar-refractivity contribution in [3.8, 4) is 0 Å². The number of ether oxygens (including phenoxy) is 1. The number of nitrogens with zero attached hydrogens (tertiary/aromatic N) is 1. The molecule has 1 rings (SSSR count). The lowest BCUT2D eigenvalue weighted by Gasteiger charge is -2.18. The number of carbonyl (C=O) groups excluding carboxylic acids is 2. The Hall–Kier alpha value is -1.32. The fourth-order valence-electron chi connectivity index (χ4n) is 1.77.